The molecule has 118 valence electrons. The summed E-state index contributed by atoms with van der Waals surface area (Å²) in [5.74, 6) is 0.713. The van der Waals surface area contributed by atoms with Gasteiger partial charge in [-0.2, -0.15) is 5.10 Å². The molecule has 22 heavy (non-hydrogen) atoms. The van der Waals surface area contributed by atoms with Gasteiger partial charge in [-0.15, -0.1) is 0 Å². The molecule has 0 fully saturated rings. The number of carbonyl (C=O) groups excluding carboxylic acids is 1. The zero-order valence-electron chi connectivity index (χ0n) is 13.4. The molecule has 0 spiro atoms. The predicted octanol–water partition coefficient (Wildman–Crippen LogP) is 2.79. The molecular weight excluding hydrogens is 278 g/mol. The number of ether oxygens (including phenoxy) is 1. The number of rotatable bonds is 7. The summed E-state index contributed by atoms with van der Waals surface area (Å²) in [5, 5.41) is 9.72. The highest BCUT2D eigenvalue weighted by atomic mass is 16.5. The van der Waals surface area contributed by atoms with Crippen molar-refractivity contribution in [2.45, 2.75) is 33.6 Å². The number of aromatic nitrogens is 2. The highest BCUT2D eigenvalue weighted by molar-refractivity contribution is 5.92. The Bertz CT molecular complexity index is 614. The molecule has 0 aliphatic carbocycles. The fraction of sp³-hybridized carbons (Fsp3) is 0.412. The summed E-state index contributed by atoms with van der Waals surface area (Å²) >= 11 is 0. The van der Waals surface area contributed by atoms with Gasteiger partial charge < -0.3 is 10.1 Å². The lowest BCUT2D eigenvalue weighted by Gasteiger charge is -2.12. The molecule has 5 nitrogen and oxygen atoms in total. The lowest BCUT2D eigenvalue weighted by atomic mass is 10.1. The average Bonchev–Trinajstić information content (AvgIpc) is 2.95. The van der Waals surface area contributed by atoms with Crippen LogP contribution in [0, 0.1) is 13.8 Å². The number of para-hydroxylation sites is 1. The Balaban J connectivity index is 1.79. The summed E-state index contributed by atoms with van der Waals surface area (Å²) in [6, 6.07) is 7.83. The second-order valence-corrected chi connectivity index (χ2v) is 5.35. The van der Waals surface area contributed by atoms with Gasteiger partial charge >= 0.3 is 0 Å². The zero-order chi connectivity index (χ0) is 15.9. The number of benzene rings is 1. The Morgan fingerprint density at radius 1 is 1.32 bits per heavy atom. The van der Waals surface area contributed by atoms with E-state index >= 15 is 0 Å². The molecule has 0 aliphatic heterocycles. The van der Waals surface area contributed by atoms with E-state index in [4.69, 9.17) is 4.74 Å². The van der Waals surface area contributed by atoms with E-state index < -0.39 is 0 Å². The minimum atomic E-state index is -0.177. The van der Waals surface area contributed by atoms with Crippen LogP contribution < -0.4 is 10.1 Å². The van der Waals surface area contributed by atoms with Gasteiger partial charge in [0.1, 0.15) is 18.1 Å². The number of aryl methyl sites for hydroxylation is 3. The smallest absolute Gasteiger partial charge is 0.271 e. The Hall–Kier alpha value is -2.30. The lowest BCUT2D eigenvalue weighted by Crippen LogP contribution is -2.28. The van der Waals surface area contributed by atoms with Gasteiger partial charge in [0.2, 0.25) is 0 Å². The van der Waals surface area contributed by atoms with Gasteiger partial charge in [-0.1, -0.05) is 31.5 Å². The third-order valence-corrected chi connectivity index (χ3v) is 3.43. The highest BCUT2D eigenvalue weighted by Crippen LogP contribution is 2.21. The molecule has 1 amide bonds. The average molecular weight is 301 g/mol. The molecule has 0 unspecified atom stereocenters. The summed E-state index contributed by atoms with van der Waals surface area (Å²) in [6.07, 6.45) is 1.92. The maximum Gasteiger partial charge on any atom is 0.271 e. The molecule has 1 heterocycles. The molecule has 0 saturated heterocycles. The third kappa shape index (κ3) is 4.10. The summed E-state index contributed by atoms with van der Waals surface area (Å²) in [7, 11) is 0. The molecule has 2 aromatic rings. The fourth-order valence-electron chi connectivity index (χ4n) is 2.31. The summed E-state index contributed by atoms with van der Waals surface area (Å²) in [5.41, 5.74) is 3.61. The number of amides is 1. The van der Waals surface area contributed by atoms with Gasteiger partial charge in [-0.05, 0) is 37.5 Å². The minimum Gasteiger partial charge on any atom is -0.491 e. The van der Waals surface area contributed by atoms with E-state index in [0.29, 0.717) is 18.8 Å². The maximum atomic E-state index is 12.0. The fourth-order valence-corrected chi connectivity index (χ4v) is 2.31. The largest absolute Gasteiger partial charge is 0.491 e. The second-order valence-electron chi connectivity index (χ2n) is 5.35. The number of hydrogen-bond donors (Lipinski definition) is 2. The van der Waals surface area contributed by atoms with E-state index in [1.807, 2.05) is 32.0 Å². The van der Waals surface area contributed by atoms with Crippen LogP contribution in [0.25, 0.3) is 0 Å². The summed E-state index contributed by atoms with van der Waals surface area (Å²) < 4.78 is 5.75. The first-order valence-electron chi connectivity index (χ1n) is 7.63. The van der Waals surface area contributed by atoms with Crippen LogP contribution in [0.3, 0.4) is 0 Å². The van der Waals surface area contributed by atoms with Gasteiger partial charge in [0, 0.05) is 5.69 Å². The molecular formula is C17H23N3O2. The van der Waals surface area contributed by atoms with Gasteiger partial charge in [-0.25, -0.2) is 0 Å². The van der Waals surface area contributed by atoms with Crippen LogP contribution in [-0.2, 0) is 6.42 Å². The van der Waals surface area contributed by atoms with E-state index in [-0.39, 0.29) is 5.91 Å². The molecule has 1 aromatic heterocycles. The van der Waals surface area contributed by atoms with E-state index in [0.717, 1.165) is 35.4 Å². The minimum absolute atomic E-state index is 0.177. The first kappa shape index (κ1) is 16.1. The van der Waals surface area contributed by atoms with Gasteiger partial charge in [0.05, 0.1) is 6.54 Å². The van der Waals surface area contributed by atoms with Crippen molar-refractivity contribution in [2.75, 3.05) is 13.2 Å². The summed E-state index contributed by atoms with van der Waals surface area (Å²) in [4.78, 5) is 12.0. The normalized spacial score (nSPS) is 10.5. The van der Waals surface area contributed by atoms with Crippen molar-refractivity contribution in [3.63, 3.8) is 0 Å². The molecule has 2 rings (SSSR count). The first-order chi connectivity index (χ1) is 10.6. The monoisotopic (exact) mass is 301 g/mol. The van der Waals surface area contributed by atoms with Crippen LogP contribution in [0.15, 0.2) is 24.3 Å². The van der Waals surface area contributed by atoms with E-state index in [9.17, 15) is 4.79 Å². The Kier molecular flexibility index (Phi) is 5.58. The predicted molar refractivity (Wildman–Crippen MR) is 86.3 cm³/mol. The van der Waals surface area contributed by atoms with Crippen molar-refractivity contribution in [3.05, 3.63) is 46.8 Å². The second kappa shape index (κ2) is 7.64. The quantitative estimate of drug-likeness (QED) is 0.773. The molecule has 0 aliphatic rings. The number of aromatic amines is 1. The van der Waals surface area contributed by atoms with Gasteiger partial charge in [-0.3, -0.25) is 9.89 Å². The van der Waals surface area contributed by atoms with Crippen molar-refractivity contribution in [1.82, 2.24) is 15.5 Å². The maximum absolute atomic E-state index is 12.0. The topological polar surface area (TPSA) is 67.0 Å². The molecule has 5 heteroatoms. The van der Waals surface area contributed by atoms with E-state index in [1.165, 1.54) is 0 Å². The standard InChI is InChI=1S/C17H23N3O2/c1-4-6-14-11-15(20-19-14)17(21)18-9-10-22-16-12(2)7-5-8-13(16)3/h5,7-8,11H,4,6,9-10H2,1-3H3,(H,18,21)(H,19,20). The highest BCUT2D eigenvalue weighted by Gasteiger charge is 2.10. The van der Waals surface area contributed by atoms with Crippen molar-refractivity contribution in [2.24, 2.45) is 0 Å². The van der Waals surface area contributed by atoms with Gasteiger partial charge in [0.25, 0.3) is 5.91 Å². The first-order valence-corrected chi connectivity index (χ1v) is 7.63. The van der Waals surface area contributed by atoms with Crippen molar-refractivity contribution < 1.29 is 9.53 Å². The van der Waals surface area contributed by atoms with E-state index in [2.05, 4.69) is 22.4 Å². The molecule has 0 bridgehead atoms. The van der Waals surface area contributed by atoms with Crippen LogP contribution in [0.4, 0.5) is 0 Å². The van der Waals surface area contributed by atoms with Crippen molar-refractivity contribution in [1.29, 1.82) is 0 Å². The molecule has 0 saturated carbocycles. The molecule has 1 aromatic carbocycles. The van der Waals surface area contributed by atoms with Crippen LogP contribution in [0.1, 0.15) is 40.7 Å². The summed E-state index contributed by atoms with van der Waals surface area (Å²) in [6.45, 7) is 7.00. The Morgan fingerprint density at radius 3 is 2.73 bits per heavy atom. The number of carbonyl (C=O) groups is 1. The molecule has 2 N–H and O–H groups in total. The molecule has 0 atom stereocenters. The van der Waals surface area contributed by atoms with Crippen molar-refractivity contribution >= 4 is 5.91 Å². The van der Waals surface area contributed by atoms with E-state index in [1.54, 1.807) is 6.07 Å². The Labute approximate surface area is 131 Å². The Morgan fingerprint density at radius 2 is 2.05 bits per heavy atom. The van der Waals surface area contributed by atoms with Crippen LogP contribution in [0.5, 0.6) is 5.75 Å². The van der Waals surface area contributed by atoms with Gasteiger partial charge in [0.15, 0.2) is 0 Å². The zero-order valence-corrected chi connectivity index (χ0v) is 13.4. The number of H-pyrrole nitrogens is 1. The number of hydrogen-bond acceptors (Lipinski definition) is 3. The lowest BCUT2D eigenvalue weighted by molar-refractivity contribution is 0.0942. The number of nitrogens with one attached hydrogen (secondary N) is 2. The SMILES string of the molecule is CCCc1cc(C(=O)NCCOc2c(C)cccc2C)n[nH]1. The third-order valence-electron chi connectivity index (χ3n) is 3.43. The molecule has 0 radical (unpaired) electrons. The van der Waals surface area contributed by atoms with Crippen LogP contribution >= 0.6 is 0 Å². The van der Waals surface area contributed by atoms with Crippen LogP contribution in [-0.4, -0.2) is 29.3 Å². The number of nitrogens with zero attached hydrogens (tertiary/aromatic N) is 1. The van der Waals surface area contributed by atoms with Crippen LogP contribution in [0.2, 0.25) is 0 Å². The van der Waals surface area contributed by atoms with Crippen molar-refractivity contribution in [3.8, 4) is 5.75 Å².